The van der Waals surface area contributed by atoms with Gasteiger partial charge in [0.05, 0.1) is 17.8 Å². The minimum absolute atomic E-state index is 0.0166. The molecule has 3 aromatic carbocycles. The number of para-hydroxylation sites is 1. The van der Waals surface area contributed by atoms with Crippen LogP contribution in [0.3, 0.4) is 0 Å². The van der Waals surface area contributed by atoms with E-state index in [1.54, 1.807) is 23.1 Å². The standard InChI is InChI=1S/C30H33N3O4/c1-21(2)22-10-8-11-23(18-22)30(3,4)32-29(35)31-24-14-15-27-26(19-24)33(28(34)20-37-27)16-9-17-36-25-12-6-5-7-13-25/h5-8,10-15,18-19H,1,9,16-17,20H2,2-4H3,(H2,31,32,35). The summed E-state index contributed by atoms with van der Waals surface area (Å²) in [5.41, 5.74) is 3.53. The van der Waals surface area contributed by atoms with Crippen molar-refractivity contribution >= 4 is 28.9 Å². The minimum Gasteiger partial charge on any atom is -0.494 e. The lowest BCUT2D eigenvalue weighted by molar-refractivity contribution is -0.121. The molecule has 0 spiro atoms. The maximum absolute atomic E-state index is 12.9. The summed E-state index contributed by atoms with van der Waals surface area (Å²) in [7, 11) is 0. The molecule has 0 saturated heterocycles. The summed E-state index contributed by atoms with van der Waals surface area (Å²) >= 11 is 0. The molecule has 1 aliphatic heterocycles. The second-order valence-corrected chi connectivity index (χ2v) is 9.60. The molecular weight excluding hydrogens is 466 g/mol. The molecule has 0 atom stereocenters. The monoisotopic (exact) mass is 499 g/mol. The average Bonchev–Trinajstić information content (AvgIpc) is 2.88. The summed E-state index contributed by atoms with van der Waals surface area (Å²) in [5.74, 6) is 1.27. The summed E-state index contributed by atoms with van der Waals surface area (Å²) in [6, 6.07) is 22.5. The van der Waals surface area contributed by atoms with Crippen LogP contribution in [0.25, 0.3) is 5.57 Å². The van der Waals surface area contributed by atoms with Crippen LogP contribution in [-0.4, -0.2) is 31.7 Å². The normalized spacial score (nSPS) is 12.8. The van der Waals surface area contributed by atoms with Gasteiger partial charge in [0, 0.05) is 12.2 Å². The first-order chi connectivity index (χ1) is 17.7. The van der Waals surface area contributed by atoms with Gasteiger partial charge in [0.25, 0.3) is 5.91 Å². The van der Waals surface area contributed by atoms with Crippen molar-refractivity contribution in [2.45, 2.75) is 32.7 Å². The van der Waals surface area contributed by atoms with Crippen LogP contribution in [0.4, 0.5) is 16.2 Å². The molecule has 192 valence electrons. The number of nitrogens with one attached hydrogen (secondary N) is 2. The van der Waals surface area contributed by atoms with E-state index in [-0.39, 0.29) is 18.5 Å². The van der Waals surface area contributed by atoms with Crippen LogP contribution in [0.5, 0.6) is 11.5 Å². The van der Waals surface area contributed by atoms with Gasteiger partial charge in [0.15, 0.2) is 6.61 Å². The zero-order chi connectivity index (χ0) is 26.4. The number of rotatable bonds is 9. The van der Waals surface area contributed by atoms with Gasteiger partial charge in [-0.3, -0.25) is 4.79 Å². The molecule has 3 amide bonds. The zero-order valence-electron chi connectivity index (χ0n) is 21.5. The second kappa shape index (κ2) is 11.2. The predicted molar refractivity (Wildman–Crippen MR) is 147 cm³/mol. The van der Waals surface area contributed by atoms with Gasteiger partial charge in [-0.1, -0.05) is 48.6 Å². The minimum atomic E-state index is -0.617. The van der Waals surface area contributed by atoms with E-state index in [1.165, 1.54) is 0 Å². The Morgan fingerprint density at radius 1 is 1.08 bits per heavy atom. The number of hydrogen-bond acceptors (Lipinski definition) is 4. The number of nitrogens with zero attached hydrogens (tertiary/aromatic N) is 1. The molecule has 0 aromatic heterocycles. The number of urea groups is 1. The average molecular weight is 500 g/mol. The highest BCUT2D eigenvalue weighted by Crippen LogP contribution is 2.35. The van der Waals surface area contributed by atoms with Crippen molar-refractivity contribution in [1.29, 1.82) is 0 Å². The Morgan fingerprint density at radius 3 is 2.62 bits per heavy atom. The Bertz CT molecular complexity index is 1290. The van der Waals surface area contributed by atoms with Crippen molar-refractivity contribution in [1.82, 2.24) is 5.32 Å². The third kappa shape index (κ3) is 6.50. The zero-order valence-corrected chi connectivity index (χ0v) is 21.5. The van der Waals surface area contributed by atoms with Crippen molar-refractivity contribution in [3.8, 4) is 11.5 Å². The summed E-state index contributed by atoms with van der Waals surface area (Å²) in [6.45, 7) is 10.8. The molecular formula is C30H33N3O4. The van der Waals surface area contributed by atoms with Gasteiger partial charge in [-0.05, 0) is 74.7 Å². The highest BCUT2D eigenvalue weighted by molar-refractivity contribution is 5.99. The number of anilines is 2. The van der Waals surface area contributed by atoms with Gasteiger partial charge < -0.3 is 25.0 Å². The second-order valence-electron chi connectivity index (χ2n) is 9.60. The Hall–Kier alpha value is -4.26. The summed E-state index contributed by atoms with van der Waals surface area (Å²) < 4.78 is 11.4. The molecule has 0 aliphatic carbocycles. The number of fused-ring (bicyclic) bond motifs is 1. The lowest BCUT2D eigenvalue weighted by atomic mass is 9.92. The Labute approximate surface area is 218 Å². The summed E-state index contributed by atoms with van der Waals surface area (Å²) in [5, 5.41) is 5.93. The van der Waals surface area contributed by atoms with Crippen LogP contribution in [0, 0.1) is 0 Å². The van der Waals surface area contributed by atoms with E-state index in [4.69, 9.17) is 9.47 Å². The molecule has 0 unspecified atom stereocenters. The van der Waals surface area contributed by atoms with Crippen molar-refractivity contribution in [3.05, 3.63) is 90.5 Å². The molecule has 0 saturated carbocycles. The van der Waals surface area contributed by atoms with E-state index in [0.717, 1.165) is 22.4 Å². The first-order valence-electron chi connectivity index (χ1n) is 12.3. The quantitative estimate of drug-likeness (QED) is 0.356. The van der Waals surface area contributed by atoms with Gasteiger partial charge in [-0.2, -0.15) is 0 Å². The van der Waals surface area contributed by atoms with Crippen LogP contribution in [0.15, 0.2) is 79.4 Å². The predicted octanol–water partition coefficient (Wildman–Crippen LogP) is 5.97. The van der Waals surface area contributed by atoms with Crippen LogP contribution in [0.2, 0.25) is 0 Å². The van der Waals surface area contributed by atoms with E-state index in [0.29, 0.717) is 36.7 Å². The highest BCUT2D eigenvalue weighted by atomic mass is 16.5. The number of carbonyl (C=O) groups is 2. The van der Waals surface area contributed by atoms with E-state index in [2.05, 4.69) is 17.2 Å². The largest absolute Gasteiger partial charge is 0.494 e. The number of amides is 3. The van der Waals surface area contributed by atoms with Gasteiger partial charge in [-0.15, -0.1) is 0 Å². The van der Waals surface area contributed by atoms with Gasteiger partial charge in [0.1, 0.15) is 11.5 Å². The van der Waals surface area contributed by atoms with Crippen LogP contribution >= 0.6 is 0 Å². The van der Waals surface area contributed by atoms with Crippen molar-refractivity contribution < 1.29 is 19.1 Å². The number of benzene rings is 3. The lowest BCUT2D eigenvalue weighted by Gasteiger charge is -2.30. The summed E-state index contributed by atoms with van der Waals surface area (Å²) in [6.07, 6.45) is 0.648. The number of allylic oxidation sites excluding steroid dienone is 1. The van der Waals surface area contributed by atoms with Gasteiger partial charge >= 0.3 is 6.03 Å². The molecule has 3 aromatic rings. The maximum atomic E-state index is 12.9. The van der Waals surface area contributed by atoms with Crippen LogP contribution in [0.1, 0.15) is 38.3 Å². The third-order valence-corrected chi connectivity index (χ3v) is 6.20. The number of carbonyl (C=O) groups excluding carboxylic acids is 2. The molecule has 1 heterocycles. The fourth-order valence-electron chi connectivity index (χ4n) is 4.15. The third-order valence-electron chi connectivity index (χ3n) is 6.20. The molecule has 0 fully saturated rings. The number of hydrogen-bond donors (Lipinski definition) is 2. The van der Waals surface area contributed by atoms with E-state index >= 15 is 0 Å². The van der Waals surface area contributed by atoms with Crippen molar-refractivity contribution in [2.75, 3.05) is 30.0 Å². The van der Waals surface area contributed by atoms with Crippen LogP contribution < -0.4 is 25.0 Å². The molecule has 0 radical (unpaired) electrons. The first kappa shape index (κ1) is 25.8. The van der Waals surface area contributed by atoms with E-state index < -0.39 is 5.54 Å². The van der Waals surface area contributed by atoms with E-state index in [1.807, 2.05) is 75.4 Å². The van der Waals surface area contributed by atoms with Crippen LogP contribution in [-0.2, 0) is 10.3 Å². The highest BCUT2D eigenvalue weighted by Gasteiger charge is 2.27. The molecule has 1 aliphatic rings. The SMILES string of the molecule is C=C(C)c1cccc(C(C)(C)NC(=O)Nc2ccc3c(c2)N(CCCOc2ccccc2)C(=O)CO3)c1. The van der Waals surface area contributed by atoms with Gasteiger partial charge in [-0.25, -0.2) is 4.79 Å². The molecule has 7 nitrogen and oxygen atoms in total. The first-order valence-corrected chi connectivity index (χ1v) is 12.3. The van der Waals surface area contributed by atoms with E-state index in [9.17, 15) is 9.59 Å². The Morgan fingerprint density at radius 2 is 1.86 bits per heavy atom. The summed E-state index contributed by atoms with van der Waals surface area (Å²) in [4.78, 5) is 27.2. The Kier molecular flexibility index (Phi) is 7.82. The number of ether oxygens (including phenoxy) is 2. The lowest BCUT2D eigenvalue weighted by Crippen LogP contribution is -2.43. The fraction of sp³-hybridized carbons (Fsp3) is 0.267. The maximum Gasteiger partial charge on any atom is 0.319 e. The Balaban J connectivity index is 1.41. The van der Waals surface area contributed by atoms with Crippen molar-refractivity contribution in [3.63, 3.8) is 0 Å². The molecule has 2 N–H and O–H groups in total. The van der Waals surface area contributed by atoms with Crippen molar-refractivity contribution in [2.24, 2.45) is 0 Å². The smallest absolute Gasteiger partial charge is 0.319 e. The molecule has 7 heteroatoms. The molecule has 37 heavy (non-hydrogen) atoms. The topological polar surface area (TPSA) is 79.9 Å². The molecule has 4 rings (SSSR count). The molecule has 0 bridgehead atoms. The fourth-order valence-corrected chi connectivity index (χ4v) is 4.15. The van der Waals surface area contributed by atoms with Gasteiger partial charge in [0.2, 0.25) is 0 Å².